The number of pyridine rings is 1. The van der Waals surface area contributed by atoms with Crippen LogP contribution < -0.4 is 15.0 Å². The lowest BCUT2D eigenvalue weighted by atomic mass is 9.98. The summed E-state index contributed by atoms with van der Waals surface area (Å²) in [6.45, 7) is 15.9. The summed E-state index contributed by atoms with van der Waals surface area (Å²) >= 11 is 0. The van der Waals surface area contributed by atoms with E-state index in [9.17, 15) is 5.11 Å². The fourth-order valence-corrected chi connectivity index (χ4v) is 5.12. The number of ether oxygens (including phenoxy) is 2. The average Bonchev–Trinajstić information content (AvgIpc) is 2.90. The zero-order chi connectivity index (χ0) is 25.9. The van der Waals surface area contributed by atoms with E-state index in [1.807, 2.05) is 13.0 Å². The largest absolute Gasteiger partial charge is 0.481 e. The van der Waals surface area contributed by atoms with E-state index in [1.54, 1.807) is 13.2 Å². The van der Waals surface area contributed by atoms with Crippen molar-refractivity contribution in [1.29, 1.82) is 0 Å². The molecule has 6 nitrogen and oxygen atoms in total. The Morgan fingerprint density at radius 3 is 2.67 bits per heavy atom. The third-order valence-corrected chi connectivity index (χ3v) is 6.98. The number of benzene rings is 1. The monoisotopic (exact) mass is 493 g/mol. The normalized spacial score (nSPS) is 14.9. The molecule has 2 N–H and O–H groups in total. The quantitative estimate of drug-likeness (QED) is 0.365. The Hall–Kier alpha value is -2.67. The summed E-state index contributed by atoms with van der Waals surface area (Å²) < 4.78 is 11.2. The van der Waals surface area contributed by atoms with Gasteiger partial charge in [-0.2, -0.15) is 0 Å². The van der Waals surface area contributed by atoms with E-state index in [4.69, 9.17) is 9.47 Å². The van der Waals surface area contributed by atoms with Crippen molar-refractivity contribution in [3.05, 3.63) is 77.5 Å². The van der Waals surface area contributed by atoms with Gasteiger partial charge in [0.2, 0.25) is 5.88 Å². The van der Waals surface area contributed by atoms with Gasteiger partial charge in [-0.1, -0.05) is 24.3 Å². The second-order valence-electron chi connectivity index (χ2n) is 9.39. The van der Waals surface area contributed by atoms with Crippen molar-refractivity contribution in [3.63, 3.8) is 0 Å². The third kappa shape index (κ3) is 7.19. The number of anilines is 1. The van der Waals surface area contributed by atoms with Crippen LogP contribution in [0.4, 0.5) is 5.69 Å². The Morgan fingerprint density at radius 1 is 1.22 bits per heavy atom. The van der Waals surface area contributed by atoms with Crippen molar-refractivity contribution >= 4 is 5.69 Å². The number of hydrogen-bond acceptors (Lipinski definition) is 6. The van der Waals surface area contributed by atoms with E-state index >= 15 is 0 Å². The van der Waals surface area contributed by atoms with Crippen LogP contribution in [0.15, 0.2) is 49.6 Å². The maximum absolute atomic E-state index is 10.00. The highest BCUT2D eigenvalue weighted by Crippen LogP contribution is 2.30. The fourth-order valence-electron chi connectivity index (χ4n) is 5.12. The molecule has 1 aliphatic rings. The molecule has 36 heavy (non-hydrogen) atoms. The van der Waals surface area contributed by atoms with E-state index < -0.39 is 6.10 Å². The molecule has 1 aliphatic heterocycles. The zero-order valence-electron chi connectivity index (χ0n) is 22.3. The van der Waals surface area contributed by atoms with Crippen LogP contribution in [0, 0.1) is 6.92 Å². The lowest BCUT2D eigenvalue weighted by Crippen LogP contribution is -2.40. The minimum absolute atomic E-state index is 0.506. The highest BCUT2D eigenvalue weighted by atomic mass is 16.5. The number of hydrogen-bond donors (Lipinski definition) is 2. The molecule has 1 aromatic heterocycles. The highest BCUT2D eigenvalue weighted by molar-refractivity contribution is 5.58. The van der Waals surface area contributed by atoms with E-state index in [1.165, 1.54) is 16.8 Å². The topological polar surface area (TPSA) is 66.8 Å². The van der Waals surface area contributed by atoms with Gasteiger partial charge in [0.25, 0.3) is 0 Å². The third-order valence-electron chi connectivity index (χ3n) is 6.98. The van der Waals surface area contributed by atoms with Gasteiger partial charge >= 0.3 is 0 Å². The summed E-state index contributed by atoms with van der Waals surface area (Å²) in [5, 5.41) is 13.6. The first-order valence-electron chi connectivity index (χ1n) is 13.1. The second-order valence-corrected chi connectivity index (χ2v) is 9.39. The molecule has 0 radical (unpaired) electrons. The Labute approximate surface area is 217 Å². The number of nitrogens with one attached hydrogen (secondary N) is 1. The van der Waals surface area contributed by atoms with Gasteiger partial charge in [0.05, 0.1) is 13.2 Å². The van der Waals surface area contributed by atoms with Gasteiger partial charge < -0.3 is 24.8 Å². The molecule has 0 saturated carbocycles. The van der Waals surface area contributed by atoms with Crippen LogP contribution in [0.5, 0.6) is 5.88 Å². The molecule has 0 spiro atoms. The highest BCUT2D eigenvalue weighted by Gasteiger charge is 2.23. The lowest BCUT2D eigenvalue weighted by Gasteiger charge is -2.37. The smallest absolute Gasteiger partial charge is 0.218 e. The average molecular weight is 494 g/mol. The van der Waals surface area contributed by atoms with Crippen molar-refractivity contribution in [2.75, 3.05) is 31.8 Å². The first kappa shape index (κ1) is 27.9. The summed E-state index contributed by atoms with van der Waals surface area (Å²) in [5.41, 5.74) is 7.00. The van der Waals surface area contributed by atoms with E-state index in [-0.39, 0.29) is 0 Å². The van der Waals surface area contributed by atoms with Crippen LogP contribution in [0.3, 0.4) is 0 Å². The van der Waals surface area contributed by atoms with E-state index in [2.05, 4.69) is 59.5 Å². The van der Waals surface area contributed by atoms with Crippen molar-refractivity contribution in [1.82, 2.24) is 10.3 Å². The SMILES string of the molecule is C=CCc1c(CNCc2c(CCC(O)C=C)cc(C)nc2OC)cccc1N(CC)C1CCOCC1. The van der Waals surface area contributed by atoms with Gasteiger partial charge in [-0.3, -0.25) is 0 Å². The minimum Gasteiger partial charge on any atom is -0.481 e. The molecule has 2 heterocycles. The summed E-state index contributed by atoms with van der Waals surface area (Å²) in [6, 6.07) is 9.21. The van der Waals surface area contributed by atoms with Gasteiger partial charge in [0.1, 0.15) is 0 Å². The Bertz CT molecular complexity index is 1000. The van der Waals surface area contributed by atoms with Crippen molar-refractivity contribution in [3.8, 4) is 5.88 Å². The van der Waals surface area contributed by atoms with E-state index in [0.717, 1.165) is 68.8 Å². The Kier molecular flexibility index (Phi) is 11.0. The predicted molar refractivity (Wildman–Crippen MR) is 148 cm³/mol. The number of aromatic nitrogens is 1. The molecule has 1 fully saturated rings. The molecule has 196 valence electrons. The number of allylic oxidation sites excluding steroid dienone is 1. The molecule has 2 aromatic rings. The zero-order valence-corrected chi connectivity index (χ0v) is 22.3. The number of aryl methyl sites for hydroxylation is 2. The second kappa shape index (κ2) is 14.2. The maximum Gasteiger partial charge on any atom is 0.218 e. The fraction of sp³-hybridized carbons (Fsp3) is 0.500. The number of methoxy groups -OCH3 is 1. The van der Waals surface area contributed by atoms with Crippen LogP contribution in [-0.4, -0.2) is 49.1 Å². The van der Waals surface area contributed by atoms with Gasteiger partial charge in [0, 0.05) is 55.8 Å². The van der Waals surface area contributed by atoms with Crippen LogP contribution in [0.25, 0.3) is 0 Å². The molecule has 0 aliphatic carbocycles. The number of aliphatic hydroxyl groups is 1. The van der Waals surface area contributed by atoms with Crippen LogP contribution in [-0.2, 0) is 30.7 Å². The molecule has 3 rings (SSSR count). The van der Waals surface area contributed by atoms with Crippen molar-refractivity contribution in [2.24, 2.45) is 0 Å². The number of rotatable bonds is 14. The molecule has 0 amide bonds. The first-order chi connectivity index (χ1) is 17.5. The summed E-state index contributed by atoms with van der Waals surface area (Å²) in [5.74, 6) is 0.641. The predicted octanol–water partition coefficient (Wildman–Crippen LogP) is 4.90. The van der Waals surface area contributed by atoms with Gasteiger partial charge in [0.15, 0.2) is 0 Å². The van der Waals surface area contributed by atoms with Gasteiger partial charge in [-0.25, -0.2) is 4.98 Å². The van der Waals surface area contributed by atoms with Crippen LogP contribution in [0.1, 0.15) is 54.1 Å². The Morgan fingerprint density at radius 2 is 2.00 bits per heavy atom. The summed E-state index contributed by atoms with van der Waals surface area (Å²) in [6.07, 6.45) is 7.36. The standard InChI is InChI=1S/C30H43N3O3/c1-6-10-27-24(11-9-12-29(27)33(8-3)25-15-17-36-18-16-25)20-31-21-28-23(13-14-26(34)7-2)19-22(4)32-30(28)35-5/h6-7,9,11-12,19,25-26,31,34H,1-2,8,10,13-18,20-21H2,3-5H3. The van der Waals surface area contributed by atoms with Gasteiger partial charge in [-0.15, -0.1) is 13.2 Å². The molecule has 1 atom stereocenters. The summed E-state index contributed by atoms with van der Waals surface area (Å²) in [7, 11) is 1.66. The molecular formula is C30H43N3O3. The summed E-state index contributed by atoms with van der Waals surface area (Å²) in [4.78, 5) is 7.14. The molecule has 6 heteroatoms. The molecule has 1 saturated heterocycles. The van der Waals surface area contributed by atoms with Crippen molar-refractivity contribution < 1.29 is 14.6 Å². The number of nitrogens with zero attached hydrogens (tertiary/aromatic N) is 2. The van der Waals surface area contributed by atoms with Crippen LogP contribution in [0.2, 0.25) is 0 Å². The Balaban J connectivity index is 1.81. The van der Waals surface area contributed by atoms with Crippen LogP contribution >= 0.6 is 0 Å². The van der Waals surface area contributed by atoms with E-state index in [0.29, 0.717) is 24.9 Å². The lowest BCUT2D eigenvalue weighted by molar-refractivity contribution is 0.0846. The van der Waals surface area contributed by atoms with Gasteiger partial charge in [-0.05, 0) is 74.8 Å². The number of aliphatic hydroxyl groups excluding tert-OH is 1. The molecule has 1 aromatic carbocycles. The first-order valence-corrected chi connectivity index (χ1v) is 13.1. The maximum atomic E-state index is 10.00. The molecule has 1 unspecified atom stereocenters. The minimum atomic E-state index is -0.522. The molecular weight excluding hydrogens is 450 g/mol. The van der Waals surface area contributed by atoms with Crippen molar-refractivity contribution in [2.45, 2.75) is 71.2 Å². The molecule has 0 bridgehead atoms.